The number of pyridine rings is 1. The van der Waals surface area contributed by atoms with Gasteiger partial charge in [0.2, 0.25) is 0 Å². The number of hydrogen-bond acceptors (Lipinski definition) is 1. The highest BCUT2D eigenvalue weighted by molar-refractivity contribution is 6.27. The zero-order chi connectivity index (χ0) is 44.4. The van der Waals surface area contributed by atoms with E-state index in [0.717, 1.165) is 83.1 Å². The Kier molecular flexibility index (Phi) is 8.09. The zero-order valence-corrected chi connectivity index (χ0v) is 36.3. The van der Waals surface area contributed by atoms with Crippen molar-refractivity contribution in [2.75, 3.05) is 0 Å². The third kappa shape index (κ3) is 5.01. The standard InChI is InChI=1S/C62H41N3O/c1-5-17-54-43(8-4)59-57(63(54)39-18-10-9-11-19-39)32-33-58-60(59)50-22-14-15-25-55(50)64(58)40-28-30-47-45-21-13-12-20-44(45)46-29-26-37(34-51(46)52(47)36-40)38-27-31-56-53(35-38)49-24-16-23-48-41(6-2)42(7-3)62(66)65(56)61(48)49/h5-36H,2-4H2,1H3/b17-5-. The Balaban J connectivity index is 1.07. The summed E-state index contributed by atoms with van der Waals surface area (Å²) in [6.07, 6.45) is 9.75. The van der Waals surface area contributed by atoms with Crippen LogP contribution in [0.5, 0.6) is 0 Å². The SMILES string of the molecule is C=Cc1c(C=C)c2cccc3c4cc(-c5ccc6c7ccccc7c7ccc(-n8c9ccccc9c9c%10c(C=C)c(/C=C\C)n(-c%11ccccc%11)c%10ccc98)cc7c6c5)ccc4n(c1=O)c23. The molecule has 0 saturated carbocycles. The number of allylic oxidation sites excluding steroid dienone is 1. The monoisotopic (exact) mass is 843 g/mol. The van der Waals surface area contributed by atoms with Gasteiger partial charge >= 0.3 is 0 Å². The van der Waals surface area contributed by atoms with Gasteiger partial charge < -0.3 is 9.13 Å². The molecule has 13 rings (SSSR count). The fourth-order valence-corrected chi connectivity index (χ4v) is 11.3. The van der Waals surface area contributed by atoms with Crippen LogP contribution in [0, 0.1) is 0 Å². The number of nitrogens with zero attached hydrogens (tertiary/aromatic N) is 3. The molecular weight excluding hydrogens is 803 g/mol. The molecule has 4 heteroatoms. The van der Waals surface area contributed by atoms with Crippen LogP contribution in [0.15, 0.2) is 194 Å². The first-order valence-electron chi connectivity index (χ1n) is 22.4. The van der Waals surface area contributed by atoms with E-state index in [-0.39, 0.29) is 5.56 Å². The average molecular weight is 844 g/mol. The topological polar surface area (TPSA) is 31.3 Å². The minimum Gasteiger partial charge on any atom is -0.309 e. The summed E-state index contributed by atoms with van der Waals surface area (Å²) in [6.45, 7) is 14.5. The fourth-order valence-electron chi connectivity index (χ4n) is 11.3. The first kappa shape index (κ1) is 37.8. The number of para-hydroxylation sites is 3. The Morgan fingerprint density at radius 2 is 0.985 bits per heavy atom. The van der Waals surface area contributed by atoms with Crippen LogP contribution in [0.3, 0.4) is 0 Å². The number of benzene rings is 9. The molecule has 0 N–H and O–H groups in total. The quantitative estimate of drug-likeness (QED) is 0.147. The van der Waals surface area contributed by atoms with E-state index in [1.54, 1.807) is 12.2 Å². The second kappa shape index (κ2) is 14.1. The number of hydrogen-bond donors (Lipinski definition) is 0. The van der Waals surface area contributed by atoms with Gasteiger partial charge in [-0.3, -0.25) is 9.20 Å². The van der Waals surface area contributed by atoms with Crippen molar-refractivity contribution < 1.29 is 0 Å². The largest absolute Gasteiger partial charge is 0.309 e. The van der Waals surface area contributed by atoms with Gasteiger partial charge in [-0.1, -0.05) is 147 Å². The fraction of sp³-hybridized carbons (Fsp3) is 0.0161. The summed E-state index contributed by atoms with van der Waals surface area (Å²) in [7, 11) is 0. The van der Waals surface area contributed by atoms with Crippen LogP contribution in [0.2, 0.25) is 0 Å². The maximum atomic E-state index is 14.0. The van der Waals surface area contributed by atoms with Gasteiger partial charge in [0.15, 0.2) is 0 Å². The molecule has 66 heavy (non-hydrogen) atoms. The van der Waals surface area contributed by atoms with Crippen molar-refractivity contribution in [1.82, 2.24) is 13.5 Å². The molecule has 4 aromatic heterocycles. The van der Waals surface area contributed by atoms with Crippen LogP contribution in [0.25, 0.3) is 139 Å². The molecule has 0 amide bonds. The van der Waals surface area contributed by atoms with E-state index in [1.807, 2.05) is 10.5 Å². The molecule has 9 aromatic carbocycles. The smallest absolute Gasteiger partial charge is 0.263 e. The van der Waals surface area contributed by atoms with Crippen molar-refractivity contribution in [3.05, 3.63) is 222 Å². The van der Waals surface area contributed by atoms with Crippen LogP contribution in [-0.2, 0) is 0 Å². The van der Waals surface area contributed by atoms with Crippen LogP contribution >= 0.6 is 0 Å². The predicted octanol–water partition coefficient (Wildman–Crippen LogP) is 16.2. The highest BCUT2D eigenvalue weighted by Gasteiger charge is 2.23. The van der Waals surface area contributed by atoms with Gasteiger partial charge in [-0.05, 0) is 123 Å². The zero-order valence-electron chi connectivity index (χ0n) is 36.3. The van der Waals surface area contributed by atoms with Crippen molar-refractivity contribution in [3.8, 4) is 22.5 Å². The van der Waals surface area contributed by atoms with E-state index in [2.05, 4.69) is 212 Å². The van der Waals surface area contributed by atoms with Gasteiger partial charge in [-0.25, -0.2) is 0 Å². The average Bonchev–Trinajstić information content (AvgIpc) is 4.00. The summed E-state index contributed by atoms with van der Waals surface area (Å²) < 4.78 is 6.65. The Bertz CT molecular complexity index is 4360. The minimum absolute atomic E-state index is 0.0796. The summed E-state index contributed by atoms with van der Waals surface area (Å²) in [6, 6.07) is 59.3. The number of rotatable bonds is 7. The second-order valence-electron chi connectivity index (χ2n) is 17.2. The third-order valence-electron chi connectivity index (χ3n) is 14.0. The first-order valence-corrected chi connectivity index (χ1v) is 22.4. The van der Waals surface area contributed by atoms with Crippen molar-refractivity contribution in [2.45, 2.75) is 6.92 Å². The second-order valence-corrected chi connectivity index (χ2v) is 17.2. The van der Waals surface area contributed by atoms with E-state index in [4.69, 9.17) is 0 Å². The lowest BCUT2D eigenvalue weighted by Gasteiger charge is -2.15. The minimum atomic E-state index is -0.0796. The van der Waals surface area contributed by atoms with Crippen molar-refractivity contribution in [1.29, 1.82) is 0 Å². The molecule has 0 aliphatic rings. The molecule has 4 heterocycles. The predicted molar refractivity (Wildman–Crippen MR) is 284 cm³/mol. The maximum absolute atomic E-state index is 14.0. The lowest BCUT2D eigenvalue weighted by molar-refractivity contribution is 1.10. The molecule has 310 valence electrons. The van der Waals surface area contributed by atoms with Crippen molar-refractivity contribution in [2.24, 2.45) is 0 Å². The van der Waals surface area contributed by atoms with Crippen LogP contribution in [-0.4, -0.2) is 13.5 Å². The maximum Gasteiger partial charge on any atom is 0.263 e. The molecule has 0 aliphatic heterocycles. The molecule has 0 saturated heterocycles. The molecule has 0 aliphatic carbocycles. The highest BCUT2D eigenvalue weighted by Crippen LogP contribution is 2.44. The van der Waals surface area contributed by atoms with Gasteiger partial charge in [-0.15, -0.1) is 0 Å². The molecule has 4 nitrogen and oxygen atoms in total. The molecule has 0 radical (unpaired) electrons. The highest BCUT2D eigenvalue weighted by atomic mass is 16.1. The van der Waals surface area contributed by atoms with E-state index in [1.165, 1.54) is 48.5 Å². The summed E-state index contributed by atoms with van der Waals surface area (Å²) >= 11 is 0. The molecular formula is C62H41N3O. The van der Waals surface area contributed by atoms with Gasteiger partial charge in [0, 0.05) is 54.8 Å². The van der Waals surface area contributed by atoms with Gasteiger partial charge in [0.1, 0.15) is 0 Å². The number of aromatic nitrogens is 3. The summed E-state index contributed by atoms with van der Waals surface area (Å²) in [5.74, 6) is 0. The Hall–Kier alpha value is -8.73. The molecule has 0 unspecified atom stereocenters. The molecule has 0 fully saturated rings. The van der Waals surface area contributed by atoms with Crippen LogP contribution < -0.4 is 5.56 Å². The van der Waals surface area contributed by atoms with Crippen molar-refractivity contribution in [3.63, 3.8) is 0 Å². The molecule has 0 atom stereocenters. The molecule has 0 bridgehead atoms. The molecule has 13 aromatic rings. The number of fused-ring (bicyclic) bond motifs is 14. The third-order valence-corrected chi connectivity index (χ3v) is 14.0. The lowest BCUT2D eigenvalue weighted by Crippen LogP contribution is -2.17. The van der Waals surface area contributed by atoms with Crippen molar-refractivity contribution >= 4 is 117 Å². The van der Waals surface area contributed by atoms with E-state index >= 15 is 0 Å². The normalized spacial score (nSPS) is 12.2. The van der Waals surface area contributed by atoms with E-state index in [0.29, 0.717) is 5.56 Å². The van der Waals surface area contributed by atoms with Gasteiger partial charge in [0.25, 0.3) is 5.56 Å². The first-order chi connectivity index (χ1) is 32.5. The van der Waals surface area contributed by atoms with E-state index < -0.39 is 0 Å². The van der Waals surface area contributed by atoms with Gasteiger partial charge in [-0.2, -0.15) is 0 Å². The lowest BCUT2D eigenvalue weighted by atomic mass is 9.91. The van der Waals surface area contributed by atoms with Gasteiger partial charge in [0.05, 0.1) is 33.3 Å². The Morgan fingerprint density at radius 1 is 0.409 bits per heavy atom. The van der Waals surface area contributed by atoms with E-state index in [9.17, 15) is 4.79 Å². The summed E-state index contributed by atoms with van der Waals surface area (Å²) in [5.41, 5.74) is 13.2. The van der Waals surface area contributed by atoms with Crippen LogP contribution in [0.1, 0.15) is 29.3 Å². The summed E-state index contributed by atoms with van der Waals surface area (Å²) in [4.78, 5) is 14.0. The summed E-state index contributed by atoms with van der Waals surface area (Å²) in [5, 5.41) is 13.9. The molecule has 0 spiro atoms. The van der Waals surface area contributed by atoms with Crippen LogP contribution in [0.4, 0.5) is 0 Å². The Labute approximate surface area is 380 Å². The Morgan fingerprint density at radius 3 is 1.71 bits per heavy atom.